The third-order valence-electron chi connectivity index (χ3n) is 4.99. The standard InChI is InChI=1S/C17H23BrN2O.ClH/c1-17(2,12-3-5-13(18)6-4-12)16(21)20-14-7-8-15(20)11-19-10-9-14;/h3-6,14-15,19H,7-11H2,1-2H3;1H. The Bertz CT molecular complexity index is 518. The SMILES string of the molecule is CC(C)(C(=O)N1C2CCNCC1CC2)c1ccc(Br)cc1.Cl. The van der Waals surface area contributed by atoms with E-state index in [0.717, 1.165) is 42.4 Å². The van der Waals surface area contributed by atoms with Gasteiger partial charge in [-0.3, -0.25) is 4.79 Å². The molecule has 0 spiro atoms. The maximum absolute atomic E-state index is 13.2. The molecule has 1 N–H and O–H groups in total. The van der Waals surface area contributed by atoms with E-state index in [9.17, 15) is 4.79 Å². The van der Waals surface area contributed by atoms with Gasteiger partial charge in [-0.1, -0.05) is 28.1 Å². The van der Waals surface area contributed by atoms with Crippen molar-refractivity contribution in [1.82, 2.24) is 10.2 Å². The van der Waals surface area contributed by atoms with Gasteiger partial charge >= 0.3 is 0 Å². The zero-order valence-electron chi connectivity index (χ0n) is 13.1. The van der Waals surface area contributed by atoms with Crippen LogP contribution in [0.3, 0.4) is 0 Å². The molecule has 0 radical (unpaired) electrons. The molecule has 2 heterocycles. The average Bonchev–Trinajstić information content (AvgIpc) is 2.71. The van der Waals surface area contributed by atoms with Gasteiger partial charge in [-0.05, 0) is 57.4 Å². The fourth-order valence-corrected chi connectivity index (χ4v) is 3.89. The summed E-state index contributed by atoms with van der Waals surface area (Å²) in [7, 11) is 0. The molecule has 2 aliphatic heterocycles. The zero-order valence-corrected chi connectivity index (χ0v) is 15.5. The lowest BCUT2D eigenvalue weighted by molar-refractivity contribution is -0.139. The molecule has 2 fully saturated rings. The predicted octanol–water partition coefficient (Wildman–Crippen LogP) is 3.50. The lowest BCUT2D eigenvalue weighted by Crippen LogP contribution is -2.50. The van der Waals surface area contributed by atoms with Gasteiger partial charge in [0.15, 0.2) is 0 Å². The second-order valence-corrected chi connectivity index (χ2v) is 7.64. The number of rotatable bonds is 2. The molecule has 3 rings (SSSR count). The Hall–Kier alpha value is -0.580. The summed E-state index contributed by atoms with van der Waals surface area (Å²) >= 11 is 3.46. The summed E-state index contributed by atoms with van der Waals surface area (Å²) in [5, 5.41) is 3.46. The Morgan fingerprint density at radius 2 is 1.82 bits per heavy atom. The van der Waals surface area contributed by atoms with Crippen LogP contribution in [-0.4, -0.2) is 36.0 Å². The number of fused-ring (bicyclic) bond motifs is 2. The third kappa shape index (κ3) is 3.19. The number of carbonyl (C=O) groups is 1. The number of amides is 1. The van der Waals surface area contributed by atoms with Gasteiger partial charge in [0.1, 0.15) is 0 Å². The predicted molar refractivity (Wildman–Crippen MR) is 95.6 cm³/mol. The highest BCUT2D eigenvalue weighted by Gasteiger charge is 2.43. The van der Waals surface area contributed by atoms with E-state index in [1.54, 1.807) is 0 Å². The minimum Gasteiger partial charge on any atom is -0.335 e. The zero-order chi connectivity index (χ0) is 15.0. The fraction of sp³-hybridized carbons (Fsp3) is 0.588. The van der Waals surface area contributed by atoms with E-state index >= 15 is 0 Å². The summed E-state index contributed by atoms with van der Waals surface area (Å²) in [5.74, 6) is 0.279. The highest BCUT2D eigenvalue weighted by molar-refractivity contribution is 9.10. The number of nitrogens with zero attached hydrogens (tertiary/aromatic N) is 1. The van der Waals surface area contributed by atoms with Crippen LogP contribution in [0.4, 0.5) is 0 Å². The van der Waals surface area contributed by atoms with Crippen LogP contribution in [0.2, 0.25) is 0 Å². The first-order valence-corrected chi connectivity index (χ1v) is 8.59. The minimum absolute atomic E-state index is 0. The monoisotopic (exact) mass is 386 g/mol. The number of hydrogen-bond acceptors (Lipinski definition) is 2. The molecule has 0 aromatic heterocycles. The Morgan fingerprint density at radius 1 is 1.18 bits per heavy atom. The quantitative estimate of drug-likeness (QED) is 0.842. The summed E-state index contributed by atoms with van der Waals surface area (Å²) in [6.45, 7) is 6.08. The van der Waals surface area contributed by atoms with Crippen LogP contribution < -0.4 is 5.32 Å². The van der Waals surface area contributed by atoms with Gasteiger partial charge < -0.3 is 10.2 Å². The molecular formula is C17H24BrClN2O. The maximum Gasteiger partial charge on any atom is 0.233 e. The third-order valence-corrected chi connectivity index (χ3v) is 5.52. The molecule has 0 saturated carbocycles. The van der Waals surface area contributed by atoms with Crippen LogP contribution in [-0.2, 0) is 10.2 Å². The molecule has 3 nitrogen and oxygen atoms in total. The van der Waals surface area contributed by atoms with E-state index in [1.165, 1.54) is 0 Å². The second kappa shape index (κ2) is 6.90. The number of hydrogen-bond donors (Lipinski definition) is 1. The highest BCUT2D eigenvalue weighted by atomic mass is 79.9. The first-order chi connectivity index (χ1) is 10.00. The molecule has 5 heteroatoms. The van der Waals surface area contributed by atoms with Gasteiger partial charge in [-0.2, -0.15) is 0 Å². The number of carbonyl (C=O) groups excluding carboxylic acids is 1. The van der Waals surface area contributed by atoms with E-state index in [2.05, 4.69) is 52.1 Å². The minimum atomic E-state index is -0.466. The van der Waals surface area contributed by atoms with Gasteiger partial charge in [0.05, 0.1) is 5.41 Å². The molecule has 2 atom stereocenters. The van der Waals surface area contributed by atoms with Crippen LogP contribution >= 0.6 is 28.3 Å². The number of nitrogens with one attached hydrogen (secondary N) is 1. The molecule has 2 aliphatic rings. The van der Waals surface area contributed by atoms with E-state index in [4.69, 9.17) is 0 Å². The molecule has 1 amide bonds. The Balaban J connectivity index is 0.00000176. The van der Waals surface area contributed by atoms with Crippen molar-refractivity contribution in [3.8, 4) is 0 Å². The molecule has 1 aromatic rings. The molecule has 2 saturated heterocycles. The maximum atomic E-state index is 13.2. The van der Waals surface area contributed by atoms with Crippen molar-refractivity contribution < 1.29 is 4.79 Å². The van der Waals surface area contributed by atoms with Crippen LogP contribution in [0.1, 0.15) is 38.7 Å². The summed E-state index contributed by atoms with van der Waals surface area (Å²) in [6, 6.07) is 8.94. The first-order valence-electron chi connectivity index (χ1n) is 7.79. The van der Waals surface area contributed by atoms with Gasteiger partial charge in [0.2, 0.25) is 5.91 Å². The normalized spacial score (nSPS) is 24.6. The Morgan fingerprint density at radius 3 is 2.50 bits per heavy atom. The fourth-order valence-electron chi connectivity index (χ4n) is 3.63. The molecule has 2 unspecified atom stereocenters. The lowest BCUT2D eigenvalue weighted by Gasteiger charge is -2.36. The van der Waals surface area contributed by atoms with Gasteiger partial charge in [0.25, 0.3) is 0 Å². The van der Waals surface area contributed by atoms with Crippen molar-refractivity contribution in [1.29, 1.82) is 0 Å². The Labute approximate surface area is 147 Å². The van der Waals surface area contributed by atoms with Crippen molar-refractivity contribution >= 4 is 34.2 Å². The summed E-state index contributed by atoms with van der Waals surface area (Å²) in [6.07, 6.45) is 3.38. The molecule has 122 valence electrons. The topological polar surface area (TPSA) is 32.3 Å². The van der Waals surface area contributed by atoms with Crippen molar-refractivity contribution in [2.45, 2.75) is 50.6 Å². The van der Waals surface area contributed by atoms with Crippen LogP contribution in [0, 0.1) is 0 Å². The van der Waals surface area contributed by atoms with E-state index in [-0.39, 0.29) is 18.3 Å². The van der Waals surface area contributed by atoms with Gasteiger partial charge in [-0.25, -0.2) is 0 Å². The van der Waals surface area contributed by atoms with Gasteiger partial charge in [-0.15, -0.1) is 12.4 Å². The van der Waals surface area contributed by atoms with Crippen molar-refractivity contribution in [3.63, 3.8) is 0 Å². The van der Waals surface area contributed by atoms with E-state index in [0.29, 0.717) is 12.1 Å². The summed E-state index contributed by atoms with van der Waals surface area (Å²) in [5.41, 5.74) is 0.624. The molecule has 2 bridgehead atoms. The van der Waals surface area contributed by atoms with E-state index in [1.807, 2.05) is 12.1 Å². The molecular weight excluding hydrogens is 364 g/mol. The molecule has 1 aromatic carbocycles. The first kappa shape index (κ1) is 17.8. The van der Waals surface area contributed by atoms with Crippen molar-refractivity contribution in [2.24, 2.45) is 0 Å². The second-order valence-electron chi connectivity index (χ2n) is 6.72. The molecule has 0 aliphatic carbocycles. The lowest BCUT2D eigenvalue weighted by atomic mass is 9.82. The van der Waals surface area contributed by atoms with Crippen LogP contribution in [0.5, 0.6) is 0 Å². The average molecular weight is 388 g/mol. The van der Waals surface area contributed by atoms with Crippen molar-refractivity contribution in [3.05, 3.63) is 34.3 Å². The van der Waals surface area contributed by atoms with Crippen molar-refractivity contribution in [2.75, 3.05) is 13.1 Å². The Kier molecular flexibility index (Phi) is 5.57. The number of halogens is 2. The van der Waals surface area contributed by atoms with Gasteiger partial charge in [0, 0.05) is 23.1 Å². The summed E-state index contributed by atoms with van der Waals surface area (Å²) < 4.78 is 1.05. The smallest absolute Gasteiger partial charge is 0.233 e. The van der Waals surface area contributed by atoms with E-state index < -0.39 is 5.41 Å². The largest absolute Gasteiger partial charge is 0.335 e. The number of benzene rings is 1. The summed E-state index contributed by atoms with van der Waals surface area (Å²) in [4.78, 5) is 15.4. The van der Waals surface area contributed by atoms with Crippen LogP contribution in [0.25, 0.3) is 0 Å². The molecule has 22 heavy (non-hydrogen) atoms. The van der Waals surface area contributed by atoms with Crippen LogP contribution in [0.15, 0.2) is 28.7 Å². The highest BCUT2D eigenvalue weighted by Crippen LogP contribution is 2.34.